The summed E-state index contributed by atoms with van der Waals surface area (Å²) in [5.41, 5.74) is 7.45. The quantitative estimate of drug-likeness (QED) is 0.856. The van der Waals surface area contributed by atoms with Crippen molar-refractivity contribution in [1.82, 2.24) is 10.5 Å². The van der Waals surface area contributed by atoms with Gasteiger partial charge >= 0.3 is 0 Å². The predicted octanol–water partition coefficient (Wildman–Crippen LogP) is 1.31. The van der Waals surface area contributed by atoms with E-state index in [-0.39, 0.29) is 24.2 Å². The number of rotatable bonds is 4. The highest BCUT2D eigenvalue weighted by Crippen LogP contribution is 2.11. The normalized spacial score (nSPS) is 12.1. The Morgan fingerprint density at radius 1 is 1.47 bits per heavy atom. The van der Waals surface area contributed by atoms with Crippen molar-refractivity contribution in [2.75, 3.05) is 0 Å². The minimum absolute atomic E-state index is 0. The molecule has 1 atom stereocenters. The first-order chi connectivity index (χ1) is 7.43. The van der Waals surface area contributed by atoms with Crippen LogP contribution < -0.4 is 11.1 Å². The molecule has 0 unspecified atom stereocenters. The smallest absolute Gasteiger partial charge is 0.237 e. The SMILES string of the molecule is Cc1noc(C)c1CNC(=O)[C@@H](N)C(C)C.Cl. The van der Waals surface area contributed by atoms with Crippen LogP contribution in [0.15, 0.2) is 4.52 Å². The highest BCUT2D eigenvalue weighted by atomic mass is 35.5. The number of halogens is 1. The molecule has 3 N–H and O–H groups in total. The fourth-order valence-electron chi connectivity index (χ4n) is 1.35. The second-order valence-corrected chi connectivity index (χ2v) is 4.29. The van der Waals surface area contributed by atoms with Gasteiger partial charge in [-0.1, -0.05) is 19.0 Å². The van der Waals surface area contributed by atoms with Crippen LogP contribution in [0.4, 0.5) is 0 Å². The lowest BCUT2D eigenvalue weighted by Gasteiger charge is -2.15. The molecular formula is C11H20ClN3O2. The number of amides is 1. The second kappa shape index (κ2) is 6.61. The monoisotopic (exact) mass is 261 g/mol. The van der Waals surface area contributed by atoms with E-state index in [2.05, 4.69) is 10.5 Å². The fourth-order valence-corrected chi connectivity index (χ4v) is 1.35. The van der Waals surface area contributed by atoms with Crippen LogP contribution in [0.25, 0.3) is 0 Å². The summed E-state index contributed by atoms with van der Waals surface area (Å²) in [6, 6.07) is -0.472. The molecule has 6 heteroatoms. The number of hydrogen-bond donors (Lipinski definition) is 2. The standard InChI is InChI=1S/C11H19N3O2.ClH/c1-6(2)10(12)11(15)13-5-9-7(3)14-16-8(9)4;/h6,10H,5,12H2,1-4H3,(H,13,15);1H/t10-;/m0./s1. The first-order valence-corrected chi connectivity index (χ1v) is 5.38. The van der Waals surface area contributed by atoms with Crippen molar-refractivity contribution in [3.63, 3.8) is 0 Å². The van der Waals surface area contributed by atoms with Crippen LogP contribution in [0.1, 0.15) is 30.9 Å². The zero-order valence-electron chi connectivity index (χ0n) is 10.6. The van der Waals surface area contributed by atoms with Crippen molar-refractivity contribution in [1.29, 1.82) is 0 Å². The number of aromatic nitrogens is 1. The summed E-state index contributed by atoms with van der Waals surface area (Å²) in [6.45, 7) is 7.92. The van der Waals surface area contributed by atoms with Gasteiger partial charge in [0.2, 0.25) is 5.91 Å². The van der Waals surface area contributed by atoms with E-state index in [1.165, 1.54) is 0 Å². The molecule has 0 radical (unpaired) electrons. The maximum Gasteiger partial charge on any atom is 0.237 e. The van der Waals surface area contributed by atoms with Gasteiger partial charge in [-0.3, -0.25) is 4.79 Å². The van der Waals surface area contributed by atoms with E-state index in [1.54, 1.807) is 0 Å². The van der Waals surface area contributed by atoms with Crippen LogP contribution in [0.5, 0.6) is 0 Å². The lowest BCUT2D eigenvalue weighted by Crippen LogP contribution is -2.43. The van der Waals surface area contributed by atoms with Gasteiger partial charge in [0, 0.05) is 12.1 Å². The summed E-state index contributed by atoms with van der Waals surface area (Å²) in [6.07, 6.45) is 0. The third kappa shape index (κ3) is 4.02. The van der Waals surface area contributed by atoms with E-state index in [0.717, 1.165) is 17.0 Å². The van der Waals surface area contributed by atoms with Crippen LogP contribution in [0.3, 0.4) is 0 Å². The van der Waals surface area contributed by atoms with Crippen LogP contribution in [0, 0.1) is 19.8 Å². The highest BCUT2D eigenvalue weighted by molar-refractivity contribution is 5.85. The minimum atomic E-state index is -0.472. The Morgan fingerprint density at radius 2 is 2.06 bits per heavy atom. The van der Waals surface area contributed by atoms with Gasteiger partial charge in [0.15, 0.2) is 0 Å². The van der Waals surface area contributed by atoms with E-state index in [1.807, 2.05) is 27.7 Å². The van der Waals surface area contributed by atoms with Crippen molar-refractivity contribution in [2.45, 2.75) is 40.3 Å². The Balaban J connectivity index is 0.00000256. The Bertz CT molecular complexity index is 357. The van der Waals surface area contributed by atoms with Gasteiger partial charge in [-0.05, 0) is 19.8 Å². The molecule has 17 heavy (non-hydrogen) atoms. The third-order valence-electron chi connectivity index (χ3n) is 2.64. The number of nitrogens with two attached hydrogens (primary N) is 1. The summed E-state index contributed by atoms with van der Waals surface area (Å²) in [5, 5.41) is 6.60. The van der Waals surface area contributed by atoms with E-state index in [0.29, 0.717) is 6.54 Å². The first kappa shape index (κ1) is 15.9. The Labute approximate surface area is 108 Å². The molecule has 5 nitrogen and oxygen atoms in total. The van der Waals surface area contributed by atoms with Crippen molar-refractivity contribution < 1.29 is 9.32 Å². The van der Waals surface area contributed by atoms with Gasteiger partial charge in [-0.25, -0.2) is 0 Å². The van der Waals surface area contributed by atoms with Gasteiger partial charge in [0.1, 0.15) is 5.76 Å². The first-order valence-electron chi connectivity index (χ1n) is 5.38. The number of nitrogens with one attached hydrogen (secondary N) is 1. The van der Waals surface area contributed by atoms with Crippen molar-refractivity contribution in [3.05, 3.63) is 17.0 Å². The summed E-state index contributed by atoms with van der Waals surface area (Å²) < 4.78 is 5.00. The molecule has 0 aromatic carbocycles. The number of nitrogens with zero attached hydrogens (tertiary/aromatic N) is 1. The van der Waals surface area contributed by atoms with Crippen molar-refractivity contribution in [3.8, 4) is 0 Å². The summed E-state index contributed by atoms with van der Waals surface area (Å²) in [5.74, 6) is 0.718. The lowest BCUT2D eigenvalue weighted by atomic mass is 10.0. The van der Waals surface area contributed by atoms with Crippen LogP contribution >= 0.6 is 12.4 Å². The summed E-state index contributed by atoms with van der Waals surface area (Å²) in [7, 11) is 0. The van der Waals surface area contributed by atoms with Gasteiger partial charge < -0.3 is 15.6 Å². The molecule has 0 saturated heterocycles. The van der Waals surface area contributed by atoms with Gasteiger partial charge in [-0.15, -0.1) is 12.4 Å². The average molecular weight is 262 g/mol. The molecule has 98 valence electrons. The molecule has 0 aliphatic rings. The van der Waals surface area contributed by atoms with Gasteiger partial charge in [0.25, 0.3) is 0 Å². The van der Waals surface area contributed by atoms with Gasteiger partial charge in [0.05, 0.1) is 11.7 Å². The molecule has 0 aliphatic heterocycles. The molecule has 1 rings (SSSR count). The molecule has 0 saturated carbocycles. The summed E-state index contributed by atoms with van der Waals surface area (Å²) >= 11 is 0. The van der Waals surface area contributed by atoms with Crippen molar-refractivity contribution in [2.24, 2.45) is 11.7 Å². The Morgan fingerprint density at radius 3 is 2.47 bits per heavy atom. The minimum Gasteiger partial charge on any atom is -0.361 e. The molecule has 0 spiro atoms. The largest absolute Gasteiger partial charge is 0.361 e. The molecule has 1 aromatic rings. The highest BCUT2D eigenvalue weighted by Gasteiger charge is 2.18. The molecular weight excluding hydrogens is 242 g/mol. The lowest BCUT2D eigenvalue weighted by molar-refractivity contribution is -0.123. The number of carbonyl (C=O) groups is 1. The maximum atomic E-state index is 11.6. The predicted molar refractivity (Wildman–Crippen MR) is 67.9 cm³/mol. The zero-order valence-corrected chi connectivity index (χ0v) is 11.4. The molecule has 0 fully saturated rings. The zero-order chi connectivity index (χ0) is 12.3. The van der Waals surface area contributed by atoms with Crippen LogP contribution in [-0.4, -0.2) is 17.1 Å². The third-order valence-corrected chi connectivity index (χ3v) is 2.64. The number of carbonyl (C=O) groups excluding carboxylic acids is 1. The second-order valence-electron chi connectivity index (χ2n) is 4.29. The molecule has 0 aliphatic carbocycles. The van der Waals surface area contributed by atoms with Gasteiger partial charge in [-0.2, -0.15) is 0 Å². The molecule has 1 aromatic heterocycles. The average Bonchev–Trinajstić information content (AvgIpc) is 2.54. The van der Waals surface area contributed by atoms with E-state index < -0.39 is 6.04 Å². The van der Waals surface area contributed by atoms with Crippen LogP contribution in [0.2, 0.25) is 0 Å². The van der Waals surface area contributed by atoms with Crippen molar-refractivity contribution >= 4 is 18.3 Å². The topological polar surface area (TPSA) is 81.2 Å². The number of hydrogen-bond acceptors (Lipinski definition) is 4. The molecule has 0 bridgehead atoms. The van der Waals surface area contributed by atoms with Crippen LogP contribution in [-0.2, 0) is 11.3 Å². The Kier molecular flexibility index (Phi) is 6.20. The number of aryl methyl sites for hydroxylation is 2. The van der Waals surface area contributed by atoms with E-state index in [4.69, 9.17) is 10.3 Å². The molecule has 1 heterocycles. The maximum absolute atomic E-state index is 11.6. The fraction of sp³-hybridized carbons (Fsp3) is 0.636. The Hall–Kier alpha value is -1.07. The van der Waals surface area contributed by atoms with E-state index in [9.17, 15) is 4.79 Å². The summed E-state index contributed by atoms with van der Waals surface area (Å²) in [4.78, 5) is 11.6. The molecule has 1 amide bonds. The van der Waals surface area contributed by atoms with E-state index >= 15 is 0 Å².